The first-order valence-electron chi connectivity index (χ1n) is 9.83. The highest BCUT2D eigenvalue weighted by atomic mass is 19.4. The molecule has 2 aliphatic heterocycles. The molecule has 0 aromatic carbocycles. The maximum Gasteiger partial charge on any atom is 0.490 e. The highest BCUT2D eigenvalue weighted by Gasteiger charge is 2.38. The molecule has 1 amide bonds. The number of aliphatic carboxylic acids is 1. The lowest BCUT2D eigenvalue weighted by atomic mass is 9.99. The standard InChI is InChI=1S/C16H23N7O2.C2HF3O2/c1-20-10-18-15(19-20)16(24)22-6-5-21-4-3-12-14(13(21)9-22)17-11-23(12)7-8-25-2;3-2(4,5)1(6)7/h10-11,13H,3-9H2,1-2H3;(H,6,7). The van der Waals surface area contributed by atoms with Crippen LogP contribution in [0.4, 0.5) is 13.2 Å². The number of rotatable bonds is 4. The summed E-state index contributed by atoms with van der Waals surface area (Å²) in [6.07, 6.45) is -0.640. The van der Waals surface area contributed by atoms with E-state index >= 15 is 0 Å². The lowest BCUT2D eigenvalue weighted by Gasteiger charge is -2.43. The van der Waals surface area contributed by atoms with Crippen molar-refractivity contribution in [3.8, 4) is 0 Å². The van der Waals surface area contributed by atoms with Crippen molar-refractivity contribution in [3.63, 3.8) is 0 Å². The van der Waals surface area contributed by atoms with Gasteiger partial charge in [0.05, 0.1) is 24.7 Å². The van der Waals surface area contributed by atoms with Gasteiger partial charge in [-0.25, -0.2) is 14.8 Å². The van der Waals surface area contributed by atoms with Gasteiger partial charge in [-0.15, -0.1) is 5.10 Å². The van der Waals surface area contributed by atoms with Crippen LogP contribution in [0.1, 0.15) is 28.0 Å². The molecule has 11 nitrogen and oxygen atoms in total. The van der Waals surface area contributed by atoms with Gasteiger partial charge in [0.25, 0.3) is 5.91 Å². The number of carbonyl (C=O) groups excluding carboxylic acids is 1. The lowest BCUT2D eigenvalue weighted by molar-refractivity contribution is -0.192. The number of ether oxygens (including phenoxy) is 1. The SMILES string of the molecule is COCCn1cnc2c1CCN1CCN(C(=O)c3ncn(C)n3)CC21.O=C(O)C(F)(F)F. The van der Waals surface area contributed by atoms with Crippen LogP contribution in [-0.2, 0) is 29.5 Å². The van der Waals surface area contributed by atoms with E-state index < -0.39 is 12.1 Å². The minimum Gasteiger partial charge on any atom is -0.475 e. The van der Waals surface area contributed by atoms with Crippen LogP contribution in [0.5, 0.6) is 0 Å². The molecule has 4 heterocycles. The minimum absolute atomic E-state index is 0.105. The number of piperazine rings is 1. The molecule has 1 saturated heterocycles. The number of alkyl halides is 3. The van der Waals surface area contributed by atoms with E-state index in [4.69, 9.17) is 14.6 Å². The van der Waals surface area contributed by atoms with E-state index in [9.17, 15) is 18.0 Å². The van der Waals surface area contributed by atoms with E-state index in [1.165, 1.54) is 5.69 Å². The molecule has 0 aliphatic carbocycles. The number of hydrogen-bond donors (Lipinski definition) is 1. The molecule has 2 aliphatic rings. The van der Waals surface area contributed by atoms with Crippen LogP contribution in [0.25, 0.3) is 0 Å². The molecule has 2 aromatic heterocycles. The molecule has 2 aromatic rings. The van der Waals surface area contributed by atoms with Gasteiger partial charge in [-0.05, 0) is 0 Å². The van der Waals surface area contributed by atoms with Gasteiger partial charge in [0.1, 0.15) is 6.33 Å². The number of carboxylic acids is 1. The van der Waals surface area contributed by atoms with Crippen molar-refractivity contribution in [2.75, 3.05) is 39.9 Å². The van der Waals surface area contributed by atoms with Gasteiger partial charge >= 0.3 is 12.1 Å². The van der Waals surface area contributed by atoms with Crippen LogP contribution in [0.2, 0.25) is 0 Å². The fourth-order valence-corrected chi connectivity index (χ4v) is 3.72. The summed E-state index contributed by atoms with van der Waals surface area (Å²) in [5.74, 6) is -2.60. The maximum atomic E-state index is 12.7. The van der Waals surface area contributed by atoms with Crippen molar-refractivity contribution in [1.82, 2.24) is 34.1 Å². The molecular formula is C18H24F3N7O4. The summed E-state index contributed by atoms with van der Waals surface area (Å²) in [5.41, 5.74) is 2.36. The van der Waals surface area contributed by atoms with Crippen molar-refractivity contribution in [1.29, 1.82) is 0 Å². The summed E-state index contributed by atoms with van der Waals surface area (Å²) in [4.78, 5) is 34.6. The molecule has 1 atom stereocenters. The van der Waals surface area contributed by atoms with Crippen molar-refractivity contribution in [2.45, 2.75) is 25.2 Å². The fourth-order valence-electron chi connectivity index (χ4n) is 3.72. The van der Waals surface area contributed by atoms with Crippen molar-refractivity contribution >= 4 is 11.9 Å². The van der Waals surface area contributed by atoms with E-state index in [1.807, 2.05) is 11.2 Å². The van der Waals surface area contributed by atoms with Gasteiger partial charge in [0.15, 0.2) is 0 Å². The number of aromatic nitrogens is 5. The molecule has 0 bridgehead atoms. The zero-order chi connectivity index (χ0) is 23.5. The highest BCUT2D eigenvalue weighted by Crippen LogP contribution is 2.32. The largest absolute Gasteiger partial charge is 0.490 e. The summed E-state index contributed by atoms with van der Waals surface area (Å²) in [6, 6.07) is 0.147. The summed E-state index contributed by atoms with van der Waals surface area (Å²) >= 11 is 0. The van der Waals surface area contributed by atoms with E-state index in [-0.39, 0.29) is 17.8 Å². The number of hydrogen-bond acceptors (Lipinski definition) is 7. The van der Waals surface area contributed by atoms with Crippen LogP contribution in [0, 0.1) is 0 Å². The van der Waals surface area contributed by atoms with Crippen LogP contribution in [-0.4, -0.2) is 97.2 Å². The summed E-state index contributed by atoms with van der Waals surface area (Å²) in [6.45, 7) is 4.67. The zero-order valence-electron chi connectivity index (χ0n) is 17.6. The van der Waals surface area contributed by atoms with Crippen LogP contribution in [0.15, 0.2) is 12.7 Å². The molecule has 1 N–H and O–H groups in total. The predicted octanol–water partition coefficient (Wildman–Crippen LogP) is 0.347. The van der Waals surface area contributed by atoms with Crippen LogP contribution < -0.4 is 0 Å². The second-order valence-corrected chi connectivity index (χ2v) is 7.36. The summed E-state index contributed by atoms with van der Waals surface area (Å²) in [5, 5.41) is 11.3. The Morgan fingerprint density at radius 1 is 1.22 bits per heavy atom. The Morgan fingerprint density at radius 2 is 1.94 bits per heavy atom. The molecule has 0 spiro atoms. The van der Waals surface area contributed by atoms with E-state index in [0.29, 0.717) is 19.7 Å². The lowest BCUT2D eigenvalue weighted by Crippen LogP contribution is -2.52. The third kappa shape index (κ3) is 5.24. The van der Waals surface area contributed by atoms with Crippen LogP contribution >= 0.6 is 0 Å². The van der Waals surface area contributed by atoms with E-state index in [1.54, 1.807) is 25.2 Å². The van der Waals surface area contributed by atoms with Crippen molar-refractivity contribution in [3.05, 3.63) is 29.9 Å². The molecule has 176 valence electrons. The normalized spacial score (nSPS) is 18.4. The van der Waals surface area contributed by atoms with Gasteiger partial charge in [-0.2, -0.15) is 13.2 Å². The fraction of sp³-hybridized carbons (Fsp3) is 0.611. The topological polar surface area (TPSA) is 119 Å². The third-order valence-electron chi connectivity index (χ3n) is 5.28. The van der Waals surface area contributed by atoms with Gasteiger partial charge in [0.2, 0.25) is 5.82 Å². The second kappa shape index (κ2) is 9.65. The Kier molecular flexibility index (Phi) is 7.13. The first-order valence-corrected chi connectivity index (χ1v) is 9.83. The average Bonchev–Trinajstić information content (AvgIpc) is 3.37. The molecule has 1 unspecified atom stereocenters. The number of halogens is 3. The average molecular weight is 459 g/mol. The molecule has 32 heavy (non-hydrogen) atoms. The molecule has 0 radical (unpaired) electrons. The first-order chi connectivity index (χ1) is 15.1. The van der Waals surface area contributed by atoms with E-state index in [2.05, 4.69) is 24.5 Å². The molecule has 0 saturated carbocycles. The molecular weight excluding hydrogens is 435 g/mol. The Balaban J connectivity index is 0.000000360. The Bertz CT molecular complexity index is 959. The maximum absolute atomic E-state index is 12.7. The smallest absolute Gasteiger partial charge is 0.475 e. The van der Waals surface area contributed by atoms with E-state index in [0.717, 1.165) is 31.7 Å². The first kappa shape index (κ1) is 23.7. The number of fused-ring (bicyclic) bond motifs is 3. The summed E-state index contributed by atoms with van der Waals surface area (Å²) in [7, 11) is 3.48. The van der Waals surface area contributed by atoms with Gasteiger partial charge < -0.3 is 19.3 Å². The Morgan fingerprint density at radius 3 is 2.53 bits per heavy atom. The Hall–Kier alpha value is -3.00. The van der Waals surface area contributed by atoms with Gasteiger partial charge in [-0.1, -0.05) is 0 Å². The minimum atomic E-state index is -5.08. The number of amides is 1. The predicted molar refractivity (Wildman–Crippen MR) is 103 cm³/mol. The number of nitrogens with zero attached hydrogens (tertiary/aromatic N) is 7. The van der Waals surface area contributed by atoms with Gasteiger partial charge in [0, 0.05) is 59.0 Å². The number of carboxylic acid groups (broad SMARTS) is 1. The zero-order valence-corrected chi connectivity index (χ0v) is 17.6. The van der Waals surface area contributed by atoms with Crippen molar-refractivity contribution in [2.24, 2.45) is 7.05 Å². The Labute approximate surface area is 181 Å². The molecule has 4 rings (SSSR count). The quantitative estimate of drug-likeness (QED) is 0.696. The third-order valence-corrected chi connectivity index (χ3v) is 5.28. The highest BCUT2D eigenvalue weighted by molar-refractivity contribution is 5.90. The number of methoxy groups -OCH3 is 1. The molecule has 14 heteroatoms. The van der Waals surface area contributed by atoms with Crippen LogP contribution in [0.3, 0.4) is 0 Å². The summed E-state index contributed by atoms with van der Waals surface area (Å²) < 4.78 is 40.7. The monoisotopic (exact) mass is 459 g/mol. The number of carbonyl (C=O) groups is 2. The second-order valence-electron chi connectivity index (χ2n) is 7.36. The molecule has 1 fully saturated rings. The number of aryl methyl sites for hydroxylation is 1. The van der Waals surface area contributed by atoms with Crippen molar-refractivity contribution < 1.29 is 32.6 Å². The van der Waals surface area contributed by atoms with Gasteiger partial charge in [-0.3, -0.25) is 14.4 Å². The number of imidazole rings is 1.